The quantitative estimate of drug-likeness (QED) is 0.270. The number of likely N-dealkylation sites (N-methyl/N-ethyl adjacent to an activating group) is 1. The van der Waals surface area contributed by atoms with Crippen LogP contribution in [0.25, 0.3) is 11.0 Å². The molecule has 38 heavy (non-hydrogen) atoms. The molecule has 0 atom stereocenters. The maximum atomic E-state index is 12.9. The van der Waals surface area contributed by atoms with Gasteiger partial charge in [-0.25, -0.2) is 0 Å². The minimum absolute atomic E-state index is 0.0403. The Morgan fingerprint density at radius 3 is 2.76 bits per heavy atom. The van der Waals surface area contributed by atoms with Gasteiger partial charge in [-0.05, 0) is 62.1 Å². The Balaban J connectivity index is 1.52. The van der Waals surface area contributed by atoms with E-state index in [9.17, 15) is 9.59 Å². The smallest absolute Gasteiger partial charge is 0.263 e. The number of carbonyl (C=O) groups is 2. The first-order chi connectivity index (χ1) is 18.3. The summed E-state index contributed by atoms with van der Waals surface area (Å²) in [6, 6.07) is 5.72. The standard InChI is InChI=1S/C26H30N8O3S/c1-14-12-28-23-21(14)24(29-16-7-9-38-22(16)25(36)27-2)32-26(31-23)30-17-11-18-15(10-19(17)37-5)6-8-34(18)20(35)13-33(3)4/h7,9-12H,6,8,13H2,1-5H3,(H,27,36)(H3,28,29,30,31,32). The molecule has 0 radical (unpaired) electrons. The lowest BCUT2D eigenvalue weighted by molar-refractivity contribution is -0.119. The maximum absolute atomic E-state index is 12.9. The Kier molecular flexibility index (Phi) is 6.91. The predicted molar refractivity (Wildman–Crippen MR) is 151 cm³/mol. The van der Waals surface area contributed by atoms with Gasteiger partial charge in [0.1, 0.15) is 22.1 Å². The highest BCUT2D eigenvalue weighted by atomic mass is 32.1. The monoisotopic (exact) mass is 534 g/mol. The zero-order valence-corrected chi connectivity index (χ0v) is 22.7. The number of hydrogen-bond acceptors (Lipinski definition) is 9. The SMILES string of the molecule is CNC(=O)c1sccc1Nc1nc(Nc2cc3c(cc2OC)CCN3C(=O)CN(C)C)nc2[nH]cc(C)c12. The van der Waals surface area contributed by atoms with Crippen LogP contribution < -0.4 is 25.6 Å². The molecule has 11 nitrogen and oxygen atoms in total. The minimum Gasteiger partial charge on any atom is -0.495 e. The number of thiophene rings is 1. The number of fused-ring (bicyclic) bond motifs is 2. The van der Waals surface area contributed by atoms with E-state index in [1.54, 1.807) is 14.2 Å². The molecule has 0 unspecified atom stereocenters. The number of aromatic nitrogens is 3. The fraction of sp³-hybridized carbons (Fsp3) is 0.308. The highest BCUT2D eigenvalue weighted by molar-refractivity contribution is 7.12. The Bertz CT molecular complexity index is 1530. The highest BCUT2D eigenvalue weighted by Crippen LogP contribution is 2.39. The molecule has 4 heterocycles. The number of H-pyrrole nitrogens is 1. The van der Waals surface area contributed by atoms with Gasteiger partial charge in [-0.15, -0.1) is 11.3 Å². The number of carbonyl (C=O) groups excluding carboxylic acids is 2. The van der Waals surface area contributed by atoms with Crippen molar-refractivity contribution in [3.8, 4) is 5.75 Å². The van der Waals surface area contributed by atoms with E-state index in [1.807, 2.05) is 60.6 Å². The zero-order valence-electron chi connectivity index (χ0n) is 21.9. The lowest BCUT2D eigenvalue weighted by Crippen LogP contribution is -2.36. The maximum Gasteiger partial charge on any atom is 0.263 e. The van der Waals surface area contributed by atoms with E-state index in [0.29, 0.717) is 52.5 Å². The van der Waals surface area contributed by atoms with E-state index in [-0.39, 0.29) is 11.8 Å². The molecule has 0 aliphatic carbocycles. The van der Waals surface area contributed by atoms with Gasteiger partial charge in [-0.2, -0.15) is 9.97 Å². The number of methoxy groups -OCH3 is 1. The molecule has 2 amide bonds. The third kappa shape index (κ3) is 4.75. The Hall–Kier alpha value is -4.16. The van der Waals surface area contributed by atoms with Crippen LogP contribution in [0.1, 0.15) is 20.8 Å². The third-order valence-electron chi connectivity index (χ3n) is 6.38. The molecule has 3 aromatic heterocycles. The normalized spacial score (nSPS) is 12.6. The Labute approximate surface area is 224 Å². The summed E-state index contributed by atoms with van der Waals surface area (Å²) in [5.41, 5.74) is 4.82. The van der Waals surface area contributed by atoms with Gasteiger partial charge in [0.05, 0.1) is 30.4 Å². The van der Waals surface area contributed by atoms with Crippen LogP contribution in [0, 0.1) is 6.92 Å². The van der Waals surface area contributed by atoms with Crippen molar-refractivity contribution in [1.29, 1.82) is 0 Å². The van der Waals surface area contributed by atoms with Gasteiger partial charge in [-0.1, -0.05) is 0 Å². The number of aromatic amines is 1. The fourth-order valence-corrected chi connectivity index (χ4v) is 5.37. The number of aryl methyl sites for hydroxylation is 1. The number of amides is 2. The summed E-state index contributed by atoms with van der Waals surface area (Å²) in [4.78, 5) is 42.1. The summed E-state index contributed by atoms with van der Waals surface area (Å²) in [6.45, 7) is 2.92. The second-order valence-electron chi connectivity index (χ2n) is 9.30. The Morgan fingerprint density at radius 2 is 2.03 bits per heavy atom. The number of benzene rings is 1. The molecule has 12 heteroatoms. The summed E-state index contributed by atoms with van der Waals surface area (Å²) < 4.78 is 5.67. The van der Waals surface area contributed by atoms with E-state index >= 15 is 0 Å². The summed E-state index contributed by atoms with van der Waals surface area (Å²) in [5, 5.41) is 12.0. The van der Waals surface area contributed by atoms with Gasteiger partial charge in [0, 0.05) is 25.5 Å². The number of ether oxygens (including phenoxy) is 1. The van der Waals surface area contributed by atoms with Gasteiger partial charge >= 0.3 is 0 Å². The van der Waals surface area contributed by atoms with Gasteiger partial charge in [0.25, 0.3) is 5.91 Å². The molecule has 0 saturated carbocycles. The summed E-state index contributed by atoms with van der Waals surface area (Å²) in [6.07, 6.45) is 2.63. The average molecular weight is 535 g/mol. The molecule has 1 aliphatic rings. The van der Waals surface area contributed by atoms with Crippen LogP contribution >= 0.6 is 11.3 Å². The first-order valence-electron chi connectivity index (χ1n) is 12.1. The van der Waals surface area contributed by atoms with Crippen molar-refractivity contribution in [2.75, 3.05) is 56.9 Å². The molecule has 0 spiro atoms. The second kappa shape index (κ2) is 10.3. The molecule has 1 aliphatic heterocycles. The van der Waals surface area contributed by atoms with Crippen LogP contribution in [-0.4, -0.2) is 73.0 Å². The van der Waals surface area contributed by atoms with Crippen molar-refractivity contribution in [3.63, 3.8) is 0 Å². The summed E-state index contributed by atoms with van der Waals surface area (Å²) in [7, 11) is 6.97. The van der Waals surface area contributed by atoms with Gasteiger partial charge in [0.2, 0.25) is 11.9 Å². The number of rotatable bonds is 8. The Morgan fingerprint density at radius 1 is 1.21 bits per heavy atom. The van der Waals surface area contributed by atoms with Crippen molar-refractivity contribution < 1.29 is 14.3 Å². The molecule has 0 fully saturated rings. The van der Waals surface area contributed by atoms with Gasteiger partial charge < -0.3 is 35.5 Å². The molecule has 5 rings (SSSR count). The van der Waals surface area contributed by atoms with Crippen LogP contribution in [0.3, 0.4) is 0 Å². The summed E-state index contributed by atoms with van der Waals surface area (Å²) in [5.74, 6) is 1.39. The number of nitrogens with zero attached hydrogens (tertiary/aromatic N) is 4. The van der Waals surface area contributed by atoms with Crippen molar-refractivity contribution in [2.45, 2.75) is 13.3 Å². The second-order valence-corrected chi connectivity index (χ2v) is 10.2. The number of anilines is 5. The number of nitrogens with one attached hydrogen (secondary N) is 4. The van der Waals surface area contributed by atoms with Crippen LogP contribution in [0.5, 0.6) is 5.75 Å². The molecule has 1 aromatic carbocycles. The molecule has 0 saturated heterocycles. The molecule has 0 bridgehead atoms. The van der Waals surface area contributed by atoms with Crippen LogP contribution in [0.15, 0.2) is 29.8 Å². The molecule has 4 N–H and O–H groups in total. The third-order valence-corrected chi connectivity index (χ3v) is 7.29. The lowest BCUT2D eigenvalue weighted by Gasteiger charge is -2.21. The van der Waals surface area contributed by atoms with E-state index in [1.165, 1.54) is 11.3 Å². The van der Waals surface area contributed by atoms with E-state index < -0.39 is 0 Å². The molecule has 198 valence electrons. The van der Waals surface area contributed by atoms with Gasteiger partial charge in [0.15, 0.2) is 0 Å². The molecular formula is C26H30N8O3S. The topological polar surface area (TPSA) is 128 Å². The van der Waals surface area contributed by atoms with Crippen molar-refractivity contribution in [1.82, 2.24) is 25.2 Å². The van der Waals surface area contributed by atoms with Crippen molar-refractivity contribution in [2.24, 2.45) is 0 Å². The van der Waals surface area contributed by atoms with E-state index in [2.05, 4.69) is 25.9 Å². The fourth-order valence-electron chi connectivity index (χ4n) is 4.58. The minimum atomic E-state index is -0.173. The van der Waals surface area contributed by atoms with E-state index in [0.717, 1.165) is 28.6 Å². The van der Waals surface area contributed by atoms with Crippen LogP contribution in [0.4, 0.5) is 28.8 Å². The van der Waals surface area contributed by atoms with Crippen LogP contribution in [-0.2, 0) is 11.2 Å². The predicted octanol–water partition coefficient (Wildman–Crippen LogP) is 3.63. The van der Waals surface area contributed by atoms with Crippen molar-refractivity contribution >= 4 is 63.0 Å². The molecule has 4 aromatic rings. The molecular weight excluding hydrogens is 504 g/mol. The summed E-state index contributed by atoms with van der Waals surface area (Å²) >= 11 is 1.35. The zero-order chi connectivity index (χ0) is 27.0. The number of hydrogen-bond donors (Lipinski definition) is 4. The van der Waals surface area contributed by atoms with E-state index in [4.69, 9.17) is 9.72 Å². The first kappa shape index (κ1) is 25.5. The van der Waals surface area contributed by atoms with Gasteiger partial charge in [-0.3, -0.25) is 9.59 Å². The average Bonchev–Trinajstić information content (AvgIpc) is 3.61. The first-order valence-corrected chi connectivity index (χ1v) is 13.0. The van der Waals surface area contributed by atoms with Crippen LogP contribution in [0.2, 0.25) is 0 Å². The largest absolute Gasteiger partial charge is 0.495 e. The highest BCUT2D eigenvalue weighted by Gasteiger charge is 2.27. The lowest BCUT2D eigenvalue weighted by atomic mass is 10.1. The van der Waals surface area contributed by atoms with Crippen molar-refractivity contribution in [3.05, 3.63) is 45.8 Å².